The van der Waals surface area contributed by atoms with Crippen molar-refractivity contribution in [3.63, 3.8) is 0 Å². The first-order chi connectivity index (χ1) is 9.56. The number of amides is 2. The molecule has 2 amide bonds. The van der Waals surface area contributed by atoms with Crippen molar-refractivity contribution < 1.29 is 14.7 Å². The van der Waals surface area contributed by atoms with E-state index in [1.165, 1.54) is 11.3 Å². The minimum atomic E-state index is -0.535. The lowest BCUT2D eigenvalue weighted by Gasteiger charge is -2.22. The molecule has 1 aromatic rings. The number of thiophene rings is 1. The van der Waals surface area contributed by atoms with E-state index in [0.29, 0.717) is 11.4 Å². The SMILES string of the molecule is CC(NC(=O)c1cccs1)C(=O)N(C)CCCCCO. The first kappa shape index (κ1) is 16.7. The van der Waals surface area contributed by atoms with E-state index in [4.69, 9.17) is 5.11 Å². The van der Waals surface area contributed by atoms with Gasteiger partial charge in [0.15, 0.2) is 0 Å². The van der Waals surface area contributed by atoms with Crippen molar-refractivity contribution >= 4 is 23.2 Å². The molecule has 2 N–H and O–H groups in total. The van der Waals surface area contributed by atoms with Crippen LogP contribution in [0.2, 0.25) is 0 Å². The Hall–Kier alpha value is -1.40. The number of nitrogens with zero attached hydrogens (tertiary/aromatic N) is 1. The van der Waals surface area contributed by atoms with E-state index in [-0.39, 0.29) is 18.4 Å². The van der Waals surface area contributed by atoms with Crippen LogP contribution in [0.5, 0.6) is 0 Å². The average molecular weight is 298 g/mol. The first-order valence-electron chi connectivity index (χ1n) is 6.76. The largest absolute Gasteiger partial charge is 0.396 e. The fourth-order valence-corrected chi connectivity index (χ4v) is 2.44. The van der Waals surface area contributed by atoms with Gasteiger partial charge in [0.2, 0.25) is 5.91 Å². The van der Waals surface area contributed by atoms with Gasteiger partial charge in [-0.2, -0.15) is 0 Å². The van der Waals surface area contributed by atoms with E-state index < -0.39 is 6.04 Å². The van der Waals surface area contributed by atoms with Gasteiger partial charge in [0.05, 0.1) is 4.88 Å². The van der Waals surface area contributed by atoms with Crippen LogP contribution in [-0.4, -0.2) is 48.1 Å². The molecule has 0 aromatic carbocycles. The third-order valence-electron chi connectivity index (χ3n) is 2.99. The van der Waals surface area contributed by atoms with Crippen LogP contribution >= 0.6 is 11.3 Å². The Morgan fingerprint density at radius 2 is 2.15 bits per heavy atom. The van der Waals surface area contributed by atoms with Crippen LogP contribution in [-0.2, 0) is 4.79 Å². The number of unbranched alkanes of at least 4 members (excludes halogenated alkanes) is 2. The number of hydrogen-bond donors (Lipinski definition) is 2. The van der Waals surface area contributed by atoms with Crippen LogP contribution in [0.25, 0.3) is 0 Å². The van der Waals surface area contributed by atoms with Crippen LogP contribution in [0.3, 0.4) is 0 Å². The second-order valence-electron chi connectivity index (χ2n) is 4.72. The summed E-state index contributed by atoms with van der Waals surface area (Å²) in [6, 6.07) is 3.00. The maximum absolute atomic E-state index is 12.1. The zero-order valence-electron chi connectivity index (χ0n) is 12.0. The molecule has 5 nitrogen and oxygen atoms in total. The summed E-state index contributed by atoms with van der Waals surface area (Å²) in [5.41, 5.74) is 0. The van der Waals surface area contributed by atoms with E-state index in [1.807, 2.05) is 5.38 Å². The molecule has 0 aliphatic rings. The van der Waals surface area contributed by atoms with Crippen molar-refractivity contribution in [1.82, 2.24) is 10.2 Å². The zero-order chi connectivity index (χ0) is 15.0. The third-order valence-corrected chi connectivity index (χ3v) is 3.86. The Labute approximate surface area is 123 Å². The third kappa shape index (κ3) is 5.30. The quantitative estimate of drug-likeness (QED) is 0.714. The van der Waals surface area contributed by atoms with E-state index in [9.17, 15) is 9.59 Å². The Morgan fingerprint density at radius 3 is 2.75 bits per heavy atom. The molecule has 1 aromatic heterocycles. The molecule has 0 spiro atoms. The van der Waals surface area contributed by atoms with Gasteiger partial charge in [-0.15, -0.1) is 11.3 Å². The highest BCUT2D eigenvalue weighted by Gasteiger charge is 2.20. The molecule has 0 aliphatic carbocycles. The number of aliphatic hydroxyl groups excluding tert-OH is 1. The second kappa shape index (κ2) is 8.71. The van der Waals surface area contributed by atoms with Gasteiger partial charge >= 0.3 is 0 Å². The lowest BCUT2D eigenvalue weighted by atomic mass is 10.2. The first-order valence-corrected chi connectivity index (χ1v) is 7.64. The highest BCUT2D eigenvalue weighted by atomic mass is 32.1. The summed E-state index contributed by atoms with van der Waals surface area (Å²) >= 11 is 1.35. The molecule has 20 heavy (non-hydrogen) atoms. The number of carbonyl (C=O) groups excluding carboxylic acids is 2. The maximum Gasteiger partial charge on any atom is 0.261 e. The number of hydrogen-bond acceptors (Lipinski definition) is 4. The fourth-order valence-electron chi connectivity index (χ4n) is 1.82. The number of carbonyl (C=O) groups is 2. The Kier molecular flexibility index (Phi) is 7.25. The highest BCUT2D eigenvalue weighted by molar-refractivity contribution is 7.12. The molecule has 0 fully saturated rings. The summed E-state index contributed by atoms with van der Waals surface area (Å²) in [4.78, 5) is 26.1. The van der Waals surface area contributed by atoms with E-state index >= 15 is 0 Å². The standard InChI is InChI=1S/C14H22N2O3S/c1-11(15-13(18)12-7-6-10-20-12)14(19)16(2)8-4-3-5-9-17/h6-7,10-11,17H,3-5,8-9H2,1-2H3,(H,15,18). The van der Waals surface area contributed by atoms with Gasteiger partial charge in [-0.05, 0) is 37.6 Å². The van der Waals surface area contributed by atoms with Gasteiger partial charge in [-0.1, -0.05) is 6.07 Å². The predicted molar refractivity (Wildman–Crippen MR) is 79.8 cm³/mol. The molecular formula is C14H22N2O3S. The van der Waals surface area contributed by atoms with Crippen LogP contribution in [0, 0.1) is 0 Å². The van der Waals surface area contributed by atoms with Gasteiger partial charge < -0.3 is 15.3 Å². The monoisotopic (exact) mass is 298 g/mol. The van der Waals surface area contributed by atoms with Gasteiger partial charge in [0.1, 0.15) is 6.04 Å². The summed E-state index contributed by atoms with van der Waals surface area (Å²) in [6.45, 7) is 2.51. The van der Waals surface area contributed by atoms with Crippen LogP contribution in [0.4, 0.5) is 0 Å². The molecule has 0 saturated heterocycles. The molecule has 1 atom stereocenters. The molecule has 1 heterocycles. The molecule has 1 rings (SSSR count). The topological polar surface area (TPSA) is 69.6 Å². The normalized spacial score (nSPS) is 11.9. The van der Waals surface area contributed by atoms with Crippen molar-refractivity contribution in [2.45, 2.75) is 32.2 Å². The van der Waals surface area contributed by atoms with Crippen LogP contribution in [0.1, 0.15) is 35.9 Å². The van der Waals surface area contributed by atoms with Crippen molar-refractivity contribution in [3.05, 3.63) is 22.4 Å². The molecule has 112 valence electrons. The number of rotatable bonds is 8. The maximum atomic E-state index is 12.1. The zero-order valence-corrected chi connectivity index (χ0v) is 12.8. The van der Waals surface area contributed by atoms with Crippen molar-refractivity contribution in [2.75, 3.05) is 20.2 Å². The molecule has 0 aliphatic heterocycles. The summed E-state index contributed by atoms with van der Waals surface area (Å²) in [5.74, 6) is -0.312. The lowest BCUT2D eigenvalue weighted by molar-refractivity contribution is -0.131. The van der Waals surface area contributed by atoms with Gasteiger partial charge in [0.25, 0.3) is 5.91 Å². The highest BCUT2D eigenvalue weighted by Crippen LogP contribution is 2.08. The summed E-state index contributed by atoms with van der Waals surface area (Å²) in [7, 11) is 1.73. The smallest absolute Gasteiger partial charge is 0.261 e. The minimum Gasteiger partial charge on any atom is -0.396 e. The van der Waals surface area contributed by atoms with Crippen molar-refractivity contribution in [3.8, 4) is 0 Å². The molecule has 1 unspecified atom stereocenters. The van der Waals surface area contributed by atoms with Crippen LogP contribution < -0.4 is 5.32 Å². The van der Waals surface area contributed by atoms with Gasteiger partial charge in [0, 0.05) is 20.2 Å². The molecule has 0 saturated carbocycles. The number of aliphatic hydroxyl groups is 1. The predicted octanol–water partition coefficient (Wildman–Crippen LogP) is 1.49. The van der Waals surface area contributed by atoms with Crippen LogP contribution in [0.15, 0.2) is 17.5 Å². The van der Waals surface area contributed by atoms with Gasteiger partial charge in [-0.25, -0.2) is 0 Å². The van der Waals surface area contributed by atoms with E-state index in [0.717, 1.165) is 19.3 Å². The average Bonchev–Trinajstić information content (AvgIpc) is 2.96. The molecule has 6 heteroatoms. The summed E-state index contributed by atoms with van der Waals surface area (Å²) < 4.78 is 0. The summed E-state index contributed by atoms with van der Waals surface area (Å²) in [6.07, 6.45) is 2.51. The molecule has 0 radical (unpaired) electrons. The van der Waals surface area contributed by atoms with E-state index in [1.54, 1.807) is 31.0 Å². The lowest BCUT2D eigenvalue weighted by Crippen LogP contribution is -2.45. The molecular weight excluding hydrogens is 276 g/mol. The number of likely N-dealkylation sites (N-methyl/N-ethyl adjacent to an activating group) is 1. The number of nitrogens with one attached hydrogen (secondary N) is 1. The Bertz CT molecular complexity index is 420. The molecule has 0 bridgehead atoms. The van der Waals surface area contributed by atoms with E-state index in [2.05, 4.69) is 5.32 Å². The van der Waals surface area contributed by atoms with Crippen molar-refractivity contribution in [1.29, 1.82) is 0 Å². The fraction of sp³-hybridized carbons (Fsp3) is 0.571. The minimum absolute atomic E-state index is 0.0982. The summed E-state index contributed by atoms with van der Waals surface area (Å²) in [5, 5.41) is 13.2. The second-order valence-corrected chi connectivity index (χ2v) is 5.66. The van der Waals surface area contributed by atoms with Crippen molar-refractivity contribution in [2.24, 2.45) is 0 Å². The Morgan fingerprint density at radius 1 is 1.40 bits per heavy atom. The Balaban J connectivity index is 2.36. The van der Waals surface area contributed by atoms with Gasteiger partial charge in [-0.3, -0.25) is 9.59 Å².